The van der Waals surface area contributed by atoms with Gasteiger partial charge in [-0.15, -0.1) is 0 Å². The second kappa shape index (κ2) is 12.1. The Labute approximate surface area is 233 Å². The maximum absolute atomic E-state index is 13.0. The van der Waals surface area contributed by atoms with Gasteiger partial charge in [0.1, 0.15) is 41.1 Å². The van der Waals surface area contributed by atoms with Crippen molar-refractivity contribution in [3.05, 3.63) is 52.7 Å². The summed E-state index contributed by atoms with van der Waals surface area (Å²) in [5.41, 5.74) is -0.285. The van der Waals surface area contributed by atoms with Gasteiger partial charge in [-0.05, 0) is 5.92 Å². The number of aliphatic hydroxyl groups is 3. The molecular weight excluding hydrogens is 542 g/mol. The highest BCUT2D eigenvalue weighted by Gasteiger charge is 2.49. The summed E-state index contributed by atoms with van der Waals surface area (Å²) in [4.78, 5) is 38.0. The lowest BCUT2D eigenvalue weighted by atomic mass is 9.96. The Morgan fingerprint density at radius 2 is 1.71 bits per heavy atom. The number of rotatable bonds is 8. The maximum Gasteiger partial charge on any atom is 0.328 e. The molecule has 0 radical (unpaired) electrons. The van der Waals surface area contributed by atoms with E-state index in [-0.39, 0.29) is 22.6 Å². The summed E-state index contributed by atoms with van der Waals surface area (Å²) in [6.45, 7) is 3.49. The van der Waals surface area contributed by atoms with Crippen molar-refractivity contribution < 1.29 is 53.7 Å². The van der Waals surface area contributed by atoms with Crippen LogP contribution in [-0.4, -0.2) is 81.3 Å². The highest BCUT2D eigenvalue weighted by Crippen LogP contribution is 2.42. The number of ether oxygens (including phenoxy) is 3. The lowest BCUT2D eigenvalue weighted by Crippen LogP contribution is -2.64. The Morgan fingerprint density at radius 3 is 2.34 bits per heavy atom. The van der Waals surface area contributed by atoms with Crippen LogP contribution < -0.4 is 15.5 Å². The smallest absolute Gasteiger partial charge is 0.328 e. The summed E-state index contributed by atoms with van der Waals surface area (Å²) in [6, 6.07) is 9.73. The second-order valence-corrected chi connectivity index (χ2v) is 9.70. The van der Waals surface area contributed by atoms with Gasteiger partial charge < -0.3 is 49.5 Å². The number of phenolic OH excluding ortho intramolecular Hbond substituents is 2. The molecule has 6 N–H and O–H groups in total. The molecule has 0 saturated carbocycles. The SMILES string of the molecule is CCC(C)C(NC(=O)C1OC(Oc2cc3oc(-c4ccccc4)cc(=O)c3c(O)c2O)C(O)C(O)C1O)C(=O)OC. The fourth-order valence-corrected chi connectivity index (χ4v) is 4.42. The van der Waals surface area contributed by atoms with Crippen LogP contribution in [0.5, 0.6) is 17.2 Å². The Kier molecular flexibility index (Phi) is 8.83. The predicted octanol–water partition coefficient (Wildman–Crippen LogP) is 0.761. The minimum atomic E-state index is -1.96. The topological polar surface area (TPSA) is 205 Å². The average Bonchev–Trinajstić information content (AvgIpc) is 2.97. The first kappa shape index (κ1) is 29.8. The van der Waals surface area contributed by atoms with E-state index in [1.807, 2.05) is 0 Å². The van der Waals surface area contributed by atoms with Crippen molar-refractivity contribution in [2.24, 2.45) is 5.92 Å². The van der Waals surface area contributed by atoms with E-state index in [1.54, 1.807) is 44.2 Å². The van der Waals surface area contributed by atoms with E-state index in [9.17, 15) is 39.9 Å². The molecule has 1 aliphatic heterocycles. The van der Waals surface area contributed by atoms with Crippen molar-refractivity contribution >= 4 is 22.8 Å². The normalized spacial score (nSPS) is 23.9. The van der Waals surface area contributed by atoms with Crippen molar-refractivity contribution in [1.82, 2.24) is 5.32 Å². The summed E-state index contributed by atoms with van der Waals surface area (Å²) < 4.78 is 21.5. The third-order valence-corrected chi connectivity index (χ3v) is 7.03. The van der Waals surface area contributed by atoms with E-state index in [1.165, 1.54) is 0 Å². The van der Waals surface area contributed by atoms with E-state index in [2.05, 4.69) is 5.32 Å². The van der Waals surface area contributed by atoms with Crippen LogP contribution in [0.4, 0.5) is 0 Å². The van der Waals surface area contributed by atoms with E-state index < -0.39 is 71.3 Å². The van der Waals surface area contributed by atoms with Gasteiger partial charge in [-0.3, -0.25) is 9.59 Å². The Morgan fingerprint density at radius 1 is 1.02 bits per heavy atom. The van der Waals surface area contributed by atoms with Gasteiger partial charge in [0.2, 0.25) is 12.0 Å². The molecule has 2 heterocycles. The molecule has 1 amide bonds. The molecule has 0 bridgehead atoms. The van der Waals surface area contributed by atoms with Gasteiger partial charge in [0.25, 0.3) is 5.91 Å². The van der Waals surface area contributed by atoms with Gasteiger partial charge in [-0.1, -0.05) is 50.6 Å². The molecule has 0 aliphatic carbocycles. The van der Waals surface area contributed by atoms with Crippen LogP contribution in [0.3, 0.4) is 0 Å². The van der Waals surface area contributed by atoms with Gasteiger partial charge in [0.15, 0.2) is 23.0 Å². The van der Waals surface area contributed by atoms with Crippen molar-refractivity contribution in [2.75, 3.05) is 7.11 Å². The number of carbonyl (C=O) groups excluding carboxylic acids is 2. The average molecular weight is 574 g/mol. The van der Waals surface area contributed by atoms with E-state index >= 15 is 0 Å². The first-order valence-corrected chi connectivity index (χ1v) is 12.8. The minimum Gasteiger partial charge on any atom is -0.504 e. The van der Waals surface area contributed by atoms with Gasteiger partial charge in [0.05, 0.1) is 7.11 Å². The van der Waals surface area contributed by atoms with Crippen molar-refractivity contribution in [3.63, 3.8) is 0 Å². The zero-order valence-electron chi connectivity index (χ0n) is 22.4. The highest BCUT2D eigenvalue weighted by atomic mass is 16.7. The van der Waals surface area contributed by atoms with Crippen LogP contribution in [0.1, 0.15) is 20.3 Å². The highest BCUT2D eigenvalue weighted by molar-refractivity contribution is 5.89. The number of phenols is 2. The number of hydrogen-bond donors (Lipinski definition) is 6. The van der Waals surface area contributed by atoms with E-state index in [0.717, 1.165) is 19.2 Å². The minimum absolute atomic E-state index is 0.157. The molecule has 1 aromatic heterocycles. The molecular formula is C28H31NO12. The number of nitrogens with one attached hydrogen (secondary N) is 1. The zero-order valence-corrected chi connectivity index (χ0v) is 22.4. The molecule has 1 fully saturated rings. The first-order chi connectivity index (χ1) is 19.5. The Balaban J connectivity index is 1.65. The molecule has 1 aliphatic rings. The maximum atomic E-state index is 13.0. The number of fused-ring (bicyclic) bond motifs is 1. The van der Waals surface area contributed by atoms with Crippen molar-refractivity contribution in [2.45, 2.75) is 57.0 Å². The lowest BCUT2D eigenvalue weighted by molar-refractivity contribution is -0.267. The standard InChI is InChI=1S/C28H31NO12/c1-4-12(2)19(27(37)38-3)29-26(36)25-23(34)22(33)24(35)28(41-25)40-17-11-16-18(21(32)20(17)31)14(30)10-15(39-16)13-8-6-5-7-9-13/h5-12,19,22-25,28,31-35H,4H2,1-3H3,(H,29,36). The number of amides is 1. The van der Waals surface area contributed by atoms with Crippen LogP contribution in [0.2, 0.25) is 0 Å². The summed E-state index contributed by atoms with van der Waals surface area (Å²) in [7, 11) is 1.15. The van der Waals surface area contributed by atoms with Crippen LogP contribution >= 0.6 is 0 Å². The van der Waals surface area contributed by atoms with Crippen LogP contribution in [0, 0.1) is 5.92 Å². The molecule has 3 aromatic rings. The summed E-state index contributed by atoms with van der Waals surface area (Å²) in [5.74, 6) is -4.25. The molecule has 220 valence electrons. The number of carbonyl (C=O) groups is 2. The third kappa shape index (κ3) is 5.84. The van der Waals surface area contributed by atoms with E-state index in [4.69, 9.17) is 18.6 Å². The van der Waals surface area contributed by atoms with Crippen molar-refractivity contribution in [1.29, 1.82) is 0 Å². The molecule has 7 unspecified atom stereocenters. The van der Waals surface area contributed by atoms with Gasteiger partial charge >= 0.3 is 5.97 Å². The molecule has 1 saturated heterocycles. The molecule has 41 heavy (non-hydrogen) atoms. The molecule has 0 spiro atoms. The van der Waals surface area contributed by atoms with Gasteiger partial charge in [-0.25, -0.2) is 4.79 Å². The third-order valence-electron chi connectivity index (χ3n) is 7.03. The number of benzene rings is 2. The molecule has 2 aromatic carbocycles. The van der Waals surface area contributed by atoms with Gasteiger partial charge in [-0.2, -0.15) is 0 Å². The molecule has 7 atom stereocenters. The Hall–Kier alpha value is -4.17. The predicted molar refractivity (Wildman–Crippen MR) is 142 cm³/mol. The van der Waals surface area contributed by atoms with Crippen molar-refractivity contribution in [3.8, 4) is 28.6 Å². The fourth-order valence-electron chi connectivity index (χ4n) is 4.42. The summed E-state index contributed by atoms with van der Waals surface area (Å²) >= 11 is 0. The molecule has 4 rings (SSSR count). The lowest BCUT2D eigenvalue weighted by Gasteiger charge is -2.40. The monoisotopic (exact) mass is 573 g/mol. The summed E-state index contributed by atoms with van der Waals surface area (Å²) in [5, 5.41) is 54.7. The largest absolute Gasteiger partial charge is 0.504 e. The van der Waals surface area contributed by atoms with Gasteiger partial charge in [0, 0.05) is 17.7 Å². The Bertz CT molecular complexity index is 1470. The van der Waals surface area contributed by atoms with Crippen LogP contribution in [0.15, 0.2) is 51.7 Å². The number of methoxy groups -OCH3 is 1. The van der Waals surface area contributed by atoms with Crippen LogP contribution in [-0.2, 0) is 19.1 Å². The number of aliphatic hydroxyl groups excluding tert-OH is 3. The summed E-state index contributed by atoms with van der Waals surface area (Å²) in [6.07, 6.45) is -9.01. The molecule has 13 heteroatoms. The van der Waals surface area contributed by atoms with Crippen LogP contribution in [0.25, 0.3) is 22.3 Å². The van der Waals surface area contributed by atoms with E-state index in [0.29, 0.717) is 12.0 Å². The second-order valence-electron chi connectivity index (χ2n) is 9.70. The quantitative estimate of drug-likeness (QED) is 0.163. The first-order valence-electron chi connectivity index (χ1n) is 12.8. The number of hydrogen-bond acceptors (Lipinski definition) is 12. The number of aromatic hydroxyl groups is 2. The number of esters is 1. The fraction of sp³-hybridized carbons (Fsp3) is 0.393. The molecule has 13 nitrogen and oxygen atoms in total. The zero-order chi connectivity index (χ0) is 30.0.